The topological polar surface area (TPSA) is 56.7 Å². The molecule has 1 rings (SSSR count). The first-order chi connectivity index (χ1) is 7.20. The normalized spacial score (nSPS) is 15.3. The lowest BCUT2D eigenvalue weighted by atomic mass is 10.4. The van der Waals surface area contributed by atoms with Crippen LogP contribution >= 0.6 is 0 Å². The molecule has 0 aromatic carbocycles. The quantitative estimate of drug-likeness (QED) is 0.581. The van der Waals surface area contributed by atoms with Crippen LogP contribution in [0.25, 0.3) is 0 Å². The van der Waals surface area contributed by atoms with E-state index in [1.807, 2.05) is 6.92 Å². The molecule has 5 heteroatoms. The SMILES string of the molecule is CC(=O)NCCNCCN1CCN=C1C. The van der Waals surface area contributed by atoms with E-state index in [0.29, 0.717) is 6.54 Å². The van der Waals surface area contributed by atoms with Crippen molar-refractivity contribution in [1.29, 1.82) is 0 Å². The number of carbonyl (C=O) groups is 1. The number of amidine groups is 1. The Hall–Kier alpha value is -1.10. The van der Waals surface area contributed by atoms with Gasteiger partial charge in [-0.1, -0.05) is 0 Å². The molecule has 0 atom stereocenters. The van der Waals surface area contributed by atoms with Gasteiger partial charge < -0.3 is 15.5 Å². The second-order valence-corrected chi connectivity index (χ2v) is 3.65. The third kappa shape index (κ3) is 4.78. The highest BCUT2D eigenvalue weighted by Crippen LogP contribution is 1.98. The first-order valence-electron chi connectivity index (χ1n) is 5.41. The van der Waals surface area contributed by atoms with Gasteiger partial charge in [0.25, 0.3) is 0 Å². The summed E-state index contributed by atoms with van der Waals surface area (Å²) in [5.41, 5.74) is 0. The first kappa shape index (κ1) is 12.0. The highest BCUT2D eigenvalue weighted by atomic mass is 16.1. The van der Waals surface area contributed by atoms with Gasteiger partial charge in [0, 0.05) is 39.6 Å². The molecule has 0 fully saturated rings. The fraction of sp³-hybridized carbons (Fsp3) is 0.800. The van der Waals surface area contributed by atoms with Crippen LogP contribution in [-0.2, 0) is 4.79 Å². The van der Waals surface area contributed by atoms with Crippen molar-refractivity contribution in [3.05, 3.63) is 0 Å². The van der Waals surface area contributed by atoms with Gasteiger partial charge in [0.1, 0.15) is 0 Å². The number of hydrogen-bond donors (Lipinski definition) is 2. The van der Waals surface area contributed by atoms with E-state index in [1.54, 1.807) is 0 Å². The van der Waals surface area contributed by atoms with E-state index in [9.17, 15) is 4.79 Å². The Morgan fingerprint density at radius 2 is 2.27 bits per heavy atom. The maximum Gasteiger partial charge on any atom is 0.216 e. The van der Waals surface area contributed by atoms with E-state index in [1.165, 1.54) is 6.92 Å². The van der Waals surface area contributed by atoms with Crippen LogP contribution in [0.5, 0.6) is 0 Å². The zero-order valence-electron chi connectivity index (χ0n) is 9.55. The summed E-state index contributed by atoms with van der Waals surface area (Å²) in [5, 5.41) is 6.02. The molecule has 0 bridgehead atoms. The molecule has 0 radical (unpaired) electrons. The number of nitrogens with zero attached hydrogens (tertiary/aromatic N) is 2. The van der Waals surface area contributed by atoms with E-state index in [2.05, 4.69) is 20.5 Å². The summed E-state index contributed by atoms with van der Waals surface area (Å²) < 4.78 is 0. The molecule has 15 heavy (non-hydrogen) atoms. The minimum Gasteiger partial charge on any atom is -0.357 e. The summed E-state index contributed by atoms with van der Waals surface area (Å²) in [6.45, 7) is 9.00. The van der Waals surface area contributed by atoms with E-state index < -0.39 is 0 Å². The standard InChI is InChI=1S/C10H20N4O/c1-9-12-6-8-14(9)7-5-11-3-4-13-10(2)15/h11H,3-8H2,1-2H3,(H,13,15). The van der Waals surface area contributed by atoms with Crippen LogP contribution in [0.15, 0.2) is 4.99 Å². The van der Waals surface area contributed by atoms with Crippen LogP contribution in [0.1, 0.15) is 13.8 Å². The number of amides is 1. The molecule has 0 saturated carbocycles. The van der Waals surface area contributed by atoms with Crippen molar-refractivity contribution in [3.8, 4) is 0 Å². The van der Waals surface area contributed by atoms with Crippen LogP contribution in [-0.4, -0.2) is 55.9 Å². The van der Waals surface area contributed by atoms with Gasteiger partial charge in [-0.2, -0.15) is 0 Å². The van der Waals surface area contributed by atoms with Crippen LogP contribution in [0.4, 0.5) is 0 Å². The smallest absolute Gasteiger partial charge is 0.216 e. The molecule has 86 valence electrons. The van der Waals surface area contributed by atoms with Crippen molar-refractivity contribution in [2.24, 2.45) is 4.99 Å². The Labute approximate surface area is 90.9 Å². The van der Waals surface area contributed by atoms with Gasteiger partial charge in [0.15, 0.2) is 0 Å². The molecule has 0 aromatic rings. The van der Waals surface area contributed by atoms with Crippen molar-refractivity contribution < 1.29 is 4.79 Å². The van der Waals surface area contributed by atoms with E-state index in [-0.39, 0.29) is 5.91 Å². The largest absolute Gasteiger partial charge is 0.357 e. The number of hydrogen-bond acceptors (Lipinski definition) is 4. The lowest BCUT2D eigenvalue weighted by Gasteiger charge is -2.18. The maximum atomic E-state index is 10.6. The molecule has 0 aliphatic carbocycles. The molecule has 0 spiro atoms. The summed E-state index contributed by atoms with van der Waals surface area (Å²) in [6, 6.07) is 0. The molecular formula is C10H20N4O. The van der Waals surface area contributed by atoms with Gasteiger partial charge in [0.2, 0.25) is 5.91 Å². The van der Waals surface area contributed by atoms with Crippen molar-refractivity contribution in [3.63, 3.8) is 0 Å². The molecular weight excluding hydrogens is 192 g/mol. The number of nitrogens with one attached hydrogen (secondary N) is 2. The number of rotatable bonds is 6. The fourth-order valence-electron chi connectivity index (χ4n) is 1.53. The fourth-order valence-corrected chi connectivity index (χ4v) is 1.53. The van der Waals surface area contributed by atoms with E-state index >= 15 is 0 Å². The predicted molar refractivity (Wildman–Crippen MR) is 61.1 cm³/mol. The van der Waals surface area contributed by atoms with Gasteiger partial charge >= 0.3 is 0 Å². The Morgan fingerprint density at radius 3 is 2.87 bits per heavy atom. The number of aliphatic imine (C=N–C) groups is 1. The van der Waals surface area contributed by atoms with Crippen molar-refractivity contribution in [2.75, 3.05) is 39.3 Å². The van der Waals surface area contributed by atoms with Crippen molar-refractivity contribution in [1.82, 2.24) is 15.5 Å². The average Bonchev–Trinajstić information content (AvgIpc) is 2.57. The third-order valence-electron chi connectivity index (χ3n) is 2.40. The van der Waals surface area contributed by atoms with E-state index in [4.69, 9.17) is 0 Å². The van der Waals surface area contributed by atoms with Crippen LogP contribution in [0.2, 0.25) is 0 Å². The summed E-state index contributed by atoms with van der Waals surface area (Å²) >= 11 is 0. The van der Waals surface area contributed by atoms with Crippen LogP contribution < -0.4 is 10.6 Å². The first-order valence-corrected chi connectivity index (χ1v) is 5.41. The predicted octanol–water partition coefficient (Wildman–Crippen LogP) is -0.554. The summed E-state index contributed by atoms with van der Waals surface area (Å²) in [6.07, 6.45) is 0. The molecule has 0 unspecified atom stereocenters. The monoisotopic (exact) mass is 212 g/mol. The zero-order valence-corrected chi connectivity index (χ0v) is 9.55. The van der Waals surface area contributed by atoms with Gasteiger partial charge in [-0.3, -0.25) is 9.79 Å². The minimum absolute atomic E-state index is 0.0271. The highest BCUT2D eigenvalue weighted by molar-refractivity contribution is 5.81. The second kappa shape index (κ2) is 6.40. The lowest BCUT2D eigenvalue weighted by molar-refractivity contribution is -0.118. The van der Waals surface area contributed by atoms with Crippen LogP contribution in [0, 0.1) is 0 Å². The molecule has 1 aliphatic heterocycles. The van der Waals surface area contributed by atoms with Gasteiger partial charge in [-0.05, 0) is 6.92 Å². The maximum absolute atomic E-state index is 10.6. The lowest BCUT2D eigenvalue weighted by Crippen LogP contribution is -2.36. The van der Waals surface area contributed by atoms with Crippen LogP contribution in [0.3, 0.4) is 0 Å². The molecule has 2 N–H and O–H groups in total. The number of carbonyl (C=O) groups excluding carboxylic acids is 1. The highest BCUT2D eigenvalue weighted by Gasteiger charge is 2.10. The second-order valence-electron chi connectivity index (χ2n) is 3.65. The molecule has 0 saturated heterocycles. The van der Waals surface area contributed by atoms with Crippen molar-refractivity contribution >= 4 is 11.7 Å². The van der Waals surface area contributed by atoms with Gasteiger partial charge in [-0.15, -0.1) is 0 Å². The van der Waals surface area contributed by atoms with E-state index in [0.717, 1.165) is 38.6 Å². The zero-order chi connectivity index (χ0) is 11.1. The average molecular weight is 212 g/mol. The minimum atomic E-state index is 0.0271. The Morgan fingerprint density at radius 1 is 1.47 bits per heavy atom. The van der Waals surface area contributed by atoms with Gasteiger partial charge in [-0.25, -0.2) is 0 Å². The Bertz CT molecular complexity index is 240. The Kier molecular flexibility index (Phi) is 5.10. The van der Waals surface area contributed by atoms with Crippen molar-refractivity contribution in [2.45, 2.75) is 13.8 Å². The summed E-state index contributed by atoms with van der Waals surface area (Å²) in [7, 11) is 0. The summed E-state index contributed by atoms with van der Waals surface area (Å²) in [5.74, 6) is 1.16. The van der Waals surface area contributed by atoms with Gasteiger partial charge in [0.05, 0.1) is 12.4 Å². The summed E-state index contributed by atoms with van der Waals surface area (Å²) in [4.78, 5) is 17.1. The molecule has 5 nitrogen and oxygen atoms in total. The third-order valence-corrected chi connectivity index (χ3v) is 2.40. The molecule has 1 heterocycles. The molecule has 1 aliphatic rings. The molecule has 1 amide bonds. The Balaban J connectivity index is 1.93. The molecule has 0 aromatic heterocycles.